The predicted octanol–water partition coefficient (Wildman–Crippen LogP) is 25.6. The quantitative estimate of drug-likeness (QED) is 0.0150. The number of hydrogen-bond donors (Lipinski definition) is 0. The number of benzene rings is 2. The molecule has 0 unspecified atom stereocenters. The molecule has 2 aromatic carbocycles. The van der Waals surface area contributed by atoms with Crippen molar-refractivity contribution in [3.63, 3.8) is 0 Å². The summed E-state index contributed by atoms with van der Waals surface area (Å²) in [5.41, 5.74) is -0.736. The molecule has 0 saturated heterocycles. The number of carbonyl (C=O) groups is 4. The van der Waals surface area contributed by atoms with Gasteiger partial charge in [0.1, 0.15) is 20.2 Å². The van der Waals surface area contributed by atoms with Crippen LogP contribution in [0.5, 0.6) is 0 Å². The van der Waals surface area contributed by atoms with Crippen LogP contribution in [0.2, 0.25) is 0 Å². The minimum Gasteiger partial charge on any atom is -0.744 e. The Morgan fingerprint density at radius 2 is 0.419 bits per heavy atom. The summed E-state index contributed by atoms with van der Waals surface area (Å²) in [6, 6.07) is 6.20. The van der Waals surface area contributed by atoms with E-state index in [1.165, 1.54) is 231 Å². The molecule has 0 spiro atoms. The second kappa shape index (κ2) is 73.2. The molecule has 2 rings (SSSR count). The maximum atomic E-state index is 12.9. The summed E-state index contributed by atoms with van der Waals surface area (Å²) in [7, 11) is -9.64. The molecule has 0 aliphatic carbocycles. The van der Waals surface area contributed by atoms with E-state index in [9.17, 15) is 45.1 Å². The molecule has 0 heterocycles. The summed E-state index contributed by atoms with van der Waals surface area (Å²) in [4.78, 5) is 50.3. The van der Waals surface area contributed by atoms with Crippen LogP contribution < -0.4 is 0 Å². The van der Waals surface area contributed by atoms with Crippen LogP contribution in [0.4, 0.5) is 0 Å². The van der Waals surface area contributed by atoms with Gasteiger partial charge in [0.15, 0.2) is 0 Å². The molecule has 0 N–H and O–H groups in total. The maximum Gasteiger partial charge on any atom is 2.00 e. The second-order valence-electron chi connectivity index (χ2n) is 28.6. The van der Waals surface area contributed by atoms with Crippen molar-refractivity contribution in [3.8, 4) is 0 Å². The van der Waals surface area contributed by atoms with Crippen LogP contribution in [0, 0.1) is 0 Å². The first kappa shape index (κ1) is 101. The van der Waals surface area contributed by atoms with Crippen molar-refractivity contribution < 1.29 is 64.1 Å². The van der Waals surface area contributed by atoms with Crippen molar-refractivity contribution in [2.75, 3.05) is 26.4 Å². The average Bonchev–Trinajstić information content (AvgIpc) is 0.816. The van der Waals surface area contributed by atoms with Crippen molar-refractivity contribution in [2.24, 2.45) is 0 Å². The largest absolute Gasteiger partial charge is 2.00 e. The van der Waals surface area contributed by atoms with Crippen LogP contribution in [0.15, 0.2) is 94.8 Å². The van der Waals surface area contributed by atoms with Gasteiger partial charge in [0.25, 0.3) is 0 Å². The normalized spacial score (nSPS) is 11.8. The van der Waals surface area contributed by atoms with E-state index >= 15 is 0 Å². The zero-order chi connectivity index (χ0) is 75.9. The van der Waals surface area contributed by atoms with E-state index in [2.05, 4.69) is 76.3 Å². The fraction of sp³-hybridized carbons (Fsp3) is 0.727. The number of ether oxygens (including phenoxy) is 4. The summed E-state index contributed by atoms with van der Waals surface area (Å²) in [6.45, 7) is 9.65. The third-order valence-corrected chi connectivity index (χ3v) is 20.7. The van der Waals surface area contributed by atoms with E-state index < -0.39 is 53.9 Å². The standard InChI is InChI=1S/2C44H74O7S.Ca/c2*1-3-5-7-9-11-13-15-17-19-21-23-25-27-29-31-33-37-50-43(45)41-36-35-40(52(47,48)49)39-42(41)44(46)51-38-34-32-30-28-26-24-22-20-18-16-14-12-10-8-6-4-2;/h2*23-26,35-36,39H,3-22,27-34,37-38H2,1-2H3,(H,47,48,49);/q;;+2/p-2/b2*25-23+,26-24+;. The first-order chi connectivity index (χ1) is 50.6. The van der Waals surface area contributed by atoms with Gasteiger partial charge < -0.3 is 28.1 Å². The molecule has 0 amide bonds. The van der Waals surface area contributed by atoms with Gasteiger partial charge in [-0.2, -0.15) is 0 Å². The topological polar surface area (TPSA) is 220 Å². The van der Waals surface area contributed by atoms with Gasteiger partial charge >= 0.3 is 61.6 Å². The molecule has 105 heavy (non-hydrogen) atoms. The third-order valence-electron chi connectivity index (χ3n) is 19.0. The van der Waals surface area contributed by atoms with E-state index in [0.29, 0.717) is 25.7 Å². The molecule has 0 saturated carbocycles. The number of rotatable bonds is 70. The molecule has 0 atom stereocenters. The minimum atomic E-state index is -4.82. The molecular weight excluding hydrogens is 1390 g/mol. The Kier molecular flexibility index (Phi) is 70.6. The molecule has 0 aliphatic heterocycles. The van der Waals surface area contributed by atoms with Gasteiger partial charge in [0, 0.05) is 0 Å². The maximum absolute atomic E-state index is 12.9. The fourth-order valence-corrected chi connectivity index (χ4v) is 13.4. The third kappa shape index (κ3) is 60.8. The van der Waals surface area contributed by atoms with E-state index in [4.69, 9.17) is 18.9 Å². The van der Waals surface area contributed by atoms with E-state index in [0.717, 1.165) is 139 Å². The molecule has 0 aliphatic rings. The van der Waals surface area contributed by atoms with Gasteiger partial charge in [-0.1, -0.05) is 282 Å². The molecule has 0 fully saturated rings. The molecule has 596 valence electrons. The predicted molar refractivity (Wildman–Crippen MR) is 434 cm³/mol. The van der Waals surface area contributed by atoms with Crippen LogP contribution >= 0.6 is 0 Å². The number of hydrogen-bond acceptors (Lipinski definition) is 14. The Hall–Kier alpha value is -3.64. The molecule has 0 radical (unpaired) electrons. The van der Waals surface area contributed by atoms with Crippen LogP contribution in [0.1, 0.15) is 429 Å². The number of esters is 4. The molecule has 0 aromatic heterocycles. The van der Waals surface area contributed by atoms with Gasteiger partial charge in [-0.05, 0) is 190 Å². The van der Waals surface area contributed by atoms with Crippen LogP contribution in [0.25, 0.3) is 0 Å². The Morgan fingerprint density at radius 3 is 0.600 bits per heavy atom. The smallest absolute Gasteiger partial charge is 0.744 e. The SMILES string of the molecule is CCCCCCCCCCC/C=C/CCCCCOC(=O)c1ccc(S(=O)(=O)[O-])cc1C(=O)OCCCCC/C=C/CCCCCCCCCCC.CCCCCCCCCCC/C=C/CCCCCOC(=O)c1ccc(S(=O)(=O)[O-])cc1C(=O)OCCCCC/C=C/CCCCCCCCCCC.[Ca+2]. The average molecular weight is 1530 g/mol. The second-order valence-corrected chi connectivity index (χ2v) is 31.4. The van der Waals surface area contributed by atoms with E-state index in [1.54, 1.807) is 0 Å². The molecule has 14 nitrogen and oxygen atoms in total. The van der Waals surface area contributed by atoms with E-state index in [-0.39, 0.29) is 86.4 Å². The summed E-state index contributed by atoms with van der Waals surface area (Å²) in [5.74, 6) is -3.16. The molecule has 17 heteroatoms. The van der Waals surface area contributed by atoms with Gasteiger partial charge in [-0.3, -0.25) is 0 Å². The van der Waals surface area contributed by atoms with Crippen molar-refractivity contribution in [3.05, 3.63) is 107 Å². The number of carbonyl (C=O) groups excluding carboxylic acids is 4. The zero-order valence-corrected chi connectivity index (χ0v) is 70.6. The molecule has 0 bridgehead atoms. The Morgan fingerprint density at radius 1 is 0.257 bits per heavy atom. The van der Waals surface area contributed by atoms with Crippen molar-refractivity contribution in [1.82, 2.24) is 0 Å². The summed E-state index contributed by atoms with van der Waals surface area (Å²) < 4.78 is 91.3. The first-order valence-electron chi connectivity index (χ1n) is 42.1. The number of allylic oxidation sites excluding steroid dienone is 8. The van der Waals surface area contributed by atoms with Gasteiger partial charge in [0.05, 0.1) is 58.5 Å². The van der Waals surface area contributed by atoms with Crippen LogP contribution in [0.3, 0.4) is 0 Å². The summed E-state index contributed by atoms with van der Waals surface area (Å²) in [6.07, 6.45) is 84.5. The summed E-state index contributed by atoms with van der Waals surface area (Å²) >= 11 is 0. The van der Waals surface area contributed by atoms with Crippen molar-refractivity contribution in [1.29, 1.82) is 0 Å². The molecular formula is C88H146CaO14S2. The first-order valence-corrected chi connectivity index (χ1v) is 44.9. The number of unbranched alkanes of at least 4 members (excludes halogenated alkanes) is 48. The van der Waals surface area contributed by atoms with Gasteiger partial charge in [-0.15, -0.1) is 0 Å². The Labute approximate surface area is 671 Å². The Bertz CT molecular complexity index is 2610. The fourth-order valence-electron chi connectivity index (χ4n) is 12.4. The van der Waals surface area contributed by atoms with Gasteiger partial charge in [-0.25, -0.2) is 36.0 Å². The van der Waals surface area contributed by atoms with E-state index in [1.807, 2.05) is 0 Å². The van der Waals surface area contributed by atoms with Crippen molar-refractivity contribution in [2.45, 2.75) is 397 Å². The Balaban J connectivity index is 0.00000204. The van der Waals surface area contributed by atoms with Crippen LogP contribution in [-0.4, -0.2) is 114 Å². The van der Waals surface area contributed by atoms with Crippen molar-refractivity contribution >= 4 is 81.9 Å². The minimum absolute atomic E-state index is 0. The summed E-state index contributed by atoms with van der Waals surface area (Å²) in [5, 5.41) is 0. The monoisotopic (exact) mass is 1530 g/mol. The molecule has 2 aromatic rings. The van der Waals surface area contributed by atoms with Gasteiger partial charge in [0.2, 0.25) is 0 Å². The van der Waals surface area contributed by atoms with Crippen LogP contribution in [-0.2, 0) is 39.2 Å². The zero-order valence-electron chi connectivity index (χ0n) is 66.7.